The molecule has 1 heterocycles. The molecule has 4 rings (SSSR count). The number of hydrogen-bond donors (Lipinski definition) is 1. The third-order valence-corrected chi connectivity index (χ3v) is 6.17. The van der Waals surface area contributed by atoms with E-state index in [9.17, 15) is 22.4 Å². The van der Waals surface area contributed by atoms with Crippen LogP contribution in [0.1, 0.15) is 54.7 Å². The SMILES string of the molecule is COc1ccc(C2CNC(=O)C(=Cc3ccc(F)cc3C(F)(F)F)C2)cc1OC1CCCC1. The Balaban J connectivity index is 1.61. The fourth-order valence-electron chi connectivity index (χ4n) is 4.43. The molecule has 1 saturated carbocycles. The van der Waals surface area contributed by atoms with Crippen LogP contribution in [0.15, 0.2) is 42.0 Å². The van der Waals surface area contributed by atoms with Gasteiger partial charge in [0.2, 0.25) is 5.91 Å². The van der Waals surface area contributed by atoms with Gasteiger partial charge in [-0.2, -0.15) is 13.2 Å². The Labute approximate surface area is 189 Å². The van der Waals surface area contributed by atoms with Gasteiger partial charge in [-0.15, -0.1) is 0 Å². The summed E-state index contributed by atoms with van der Waals surface area (Å²) in [5, 5.41) is 2.76. The second-order valence-electron chi connectivity index (χ2n) is 8.44. The number of hydrogen-bond acceptors (Lipinski definition) is 3. The Hall–Kier alpha value is -3.03. The van der Waals surface area contributed by atoms with Crippen molar-refractivity contribution < 1.29 is 31.8 Å². The Bertz CT molecular complexity index is 1060. The van der Waals surface area contributed by atoms with E-state index in [-0.39, 0.29) is 29.6 Å². The van der Waals surface area contributed by atoms with Gasteiger partial charge in [-0.05, 0) is 73.6 Å². The topological polar surface area (TPSA) is 47.6 Å². The van der Waals surface area contributed by atoms with Crippen LogP contribution in [0.2, 0.25) is 0 Å². The number of halogens is 4. The largest absolute Gasteiger partial charge is 0.493 e. The van der Waals surface area contributed by atoms with Crippen molar-refractivity contribution in [3.05, 3.63) is 64.5 Å². The number of benzene rings is 2. The highest BCUT2D eigenvalue weighted by Crippen LogP contribution is 2.38. The Morgan fingerprint density at radius 3 is 2.52 bits per heavy atom. The first kappa shape index (κ1) is 23.1. The Morgan fingerprint density at radius 2 is 1.82 bits per heavy atom. The van der Waals surface area contributed by atoms with Crippen LogP contribution in [0, 0.1) is 5.82 Å². The molecule has 4 nitrogen and oxygen atoms in total. The lowest BCUT2D eigenvalue weighted by Gasteiger charge is -2.26. The average molecular weight is 463 g/mol. The van der Waals surface area contributed by atoms with Crippen molar-refractivity contribution in [2.24, 2.45) is 0 Å². The molecule has 0 spiro atoms. The first-order valence-electron chi connectivity index (χ1n) is 10.9. The van der Waals surface area contributed by atoms with Gasteiger partial charge < -0.3 is 14.8 Å². The monoisotopic (exact) mass is 463 g/mol. The van der Waals surface area contributed by atoms with E-state index in [1.54, 1.807) is 13.2 Å². The molecule has 1 unspecified atom stereocenters. The molecular formula is C25H25F4NO3. The van der Waals surface area contributed by atoms with E-state index in [0.717, 1.165) is 43.4 Å². The predicted molar refractivity (Wildman–Crippen MR) is 116 cm³/mol. The van der Waals surface area contributed by atoms with Crippen molar-refractivity contribution in [3.63, 3.8) is 0 Å². The Kier molecular flexibility index (Phi) is 6.63. The van der Waals surface area contributed by atoms with Crippen LogP contribution in [0.5, 0.6) is 11.5 Å². The molecule has 176 valence electrons. The maximum atomic E-state index is 13.4. The molecule has 1 saturated heterocycles. The van der Waals surface area contributed by atoms with Gasteiger partial charge in [0.1, 0.15) is 5.82 Å². The fourth-order valence-corrected chi connectivity index (χ4v) is 4.43. The van der Waals surface area contributed by atoms with Gasteiger partial charge >= 0.3 is 6.18 Å². The molecule has 1 aliphatic heterocycles. The van der Waals surface area contributed by atoms with Crippen LogP contribution in [0.4, 0.5) is 17.6 Å². The standard InChI is InChI=1S/C25H25F4NO3/c1-32-22-9-7-15(12-23(22)33-20-4-2-3-5-20)18-11-17(24(31)30-14-18)10-16-6-8-19(26)13-21(16)25(27,28)29/h6-10,12-13,18,20H,2-5,11,14H2,1H3,(H,30,31). The van der Waals surface area contributed by atoms with Crippen molar-refractivity contribution in [2.45, 2.75) is 50.3 Å². The molecule has 2 aromatic carbocycles. The summed E-state index contributed by atoms with van der Waals surface area (Å²) in [6, 6.07) is 8.01. The minimum Gasteiger partial charge on any atom is -0.493 e. The number of rotatable bonds is 5. The molecule has 2 aromatic rings. The highest BCUT2D eigenvalue weighted by Gasteiger charge is 2.34. The molecule has 1 N–H and O–H groups in total. The lowest BCUT2D eigenvalue weighted by Crippen LogP contribution is -2.35. The van der Waals surface area contributed by atoms with E-state index >= 15 is 0 Å². The molecule has 33 heavy (non-hydrogen) atoms. The van der Waals surface area contributed by atoms with E-state index < -0.39 is 23.5 Å². The lowest BCUT2D eigenvalue weighted by molar-refractivity contribution is -0.138. The summed E-state index contributed by atoms with van der Waals surface area (Å²) >= 11 is 0. The summed E-state index contributed by atoms with van der Waals surface area (Å²) in [4.78, 5) is 12.4. The molecule has 1 amide bonds. The number of alkyl halides is 3. The average Bonchev–Trinajstić information content (AvgIpc) is 3.29. The summed E-state index contributed by atoms with van der Waals surface area (Å²) in [5.41, 5.74) is -0.251. The number of methoxy groups -OCH3 is 1. The molecule has 0 bridgehead atoms. The van der Waals surface area contributed by atoms with E-state index in [0.29, 0.717) is 24.1 Å². The molecule has 2 fully saturated rings. The highest BCUT2D eigenvalue weighted by molar-refractivity contribution is 5.99. The maximum Gasteiger partial charge on any atom is 0.417 e. The second-order valence-corrected chi connectivity index (χ2v) is 8.44. The normalized spacial score (nSPS) is 20.7. The van der Waals surface area contributed by atoms with Crippen LogP contribution in [-0.2, 0) is 11.0 Å². The van der Waals surface area contributed by atoms with Crippen LogP contribution in [0.25, 0.3) is 6.08 Å². The van der Waals surface area contributed by atoms with Gasteiger partial charge in [0.25, 0.3) is 0 Å². The van der Waals surface area contributed by atoms with Gasteiger partial charge in [-0.25, -0.2) is 4.39 Å². The van der Waals surface area contributed by atoms with Crippen LogP contribution >= 0.6 is 0 Å². The summed E-state index contributed by atoms with van der Waals surface area (Å²) in [7, 11) is 1.57. The lowest BCUT2D eigenvalue weighted by atomic mass is 9.87. The van der Waals surface area contributed by atoms with Crippen molar-refractivity contribution in [1.29, 1.82) is 0 Å². The zero-order valence-corrected chi connectivity index (χ0v) is 18.2. The fraction of sp³-hybridized carbons (Fsp3) is 0.400. The summed E-state index contributed by atoms with van der Waals surface area (Å²) < 4.78 is 65.2. The van der Waals surface area contributed by atoms with Gasteiger partial charge in [0, 0.05) is 18.0 Å². The number of piperidine rings is 1. The molecule has 2 aliphatic rings. The molecule has 0 aromatic heterocycles. The van der Waals surface area contributed by atoms with E-state index in [2.05, 4.69) is 5.32 Å². The number of carbonyl (C=O) groups is 1. The molecule has 0 radical (unpaired) electrons. The second kappa shape index (κ2) is 9.45. The molecule has 1 aliphatic carbocycles. The van der Waals surface area contributed by atoms with Gasteiger partial charge in [0.15, 0.2) is 11.5 Å². The predicted octanol–water partition coefficient (Wildman–Crippen LogP) is 5.86. The van der Waals surface area contributed by atoms with Crippen molar-refractivity contribution in [3.8, 4) is 11.5 Å². The number of carbonyl (C=O) groups excluding carboxylic acids is 1. The van der Waals surface area contributed by atoms with E-state index in [1.165, 1.54) is 6.08 Å². The third-order valence-electron chi connectivity index (χ3n) is 6.17. The number of amides is 1. The van der Waals surface area contributed by atoms with Crippen molar-refractivity contribution in [1.82, 2.24) is 5.32 Å². The van der Waals surface area contributed by atoms with E-state index in [4.69, 9.17) is 9.47 Å². The molecule has 8 heteroatoms. The van der Waals surface area contributed by atoms with Gasteiger partial charge in [0.05, 0.1) is 18.8 Å². The zero-order chi connectivity index (χ0) is 23.6. The summed E-state index contributed by atoms with van der Waals surface area (Å²) in [5.74, 6) is -0.326. The minimum atomic E-state index is -4.73. The Morgan fingerprint density at radius 1 is 1.06 bits per heavy atom. The smallest absolute Gasteiger partial charge is 0.417 e. The van der Waals surface area contributed by atoms with Crippen molar-refractivity contribution in [2.75, 3.05) is 13.7 Å². The van der Waals surface area contributed by atoms with Gasteiger partial charge in [-0.3, -0.25) is 4.79 Å². The van der Waals surface area contributed by atoms with Crippen molar-refractivity contribution >= 4 is 12.0 Å². The molecule has 1 atom stereocenters. The summed E-state index contributed by atoms with van der Waals surface area (Å²) in [6.45, 7) is 0.348. The third kappa shape index (κ3) is 5.31. The van der Waals surface area contributed by atoms with Crippen LogP contribution in [0.3, 0.4) is 0 Å². The first-order chi connectivity index (χ1) is 15.7. The first-order valence-corrected chi connectivity index (χ1v) is 10.9. The minimum absolute atomic E-state index is 0.134. The van der Waals surface area contributed by atoms with Crippen LogP contribution < -0.4 is 14.8 Å². The number of nitrogens with one attached hydrogen (secondary N) is 1. The number of ether oxygens (including phenoxy) is 2. The zero-order valence-electron chi connectivity index (χ0n) is 18.2. The molecular weight excluding hydrogens is 438 g/mol. The van der Waals surface area contributed by atoms with Crippen LogP contribution in [-0.4, -0.2) is 25.7 Å². The van der Waals surface area contributed by atoms with Gasteiger partial charge in [-0.1, -0.05) is 12.1 Å². The van der Waals surface area contributed by atoms with E-state index in [1.807, 2.05) is 12.1 Å². The highest BCUT2D eigenvalue weighted by atomic mass is 19.4. The quantitative estimate of drug-likeness (QED) is 0.446. The summed E-state index contributed by atoms with van der Waals surface area (Å²) in [6.07, 6.45) is 1.06. The maximum absolute atomic E-state index is 13.4.